The van der Waals surface area contributed by atoms with E-state index < -0.39 is 46.9 Å². The summed E-state index contributed by atoms with van der Waals surface area (Å²) < 4.78 is 36.8. The Hall–Kier alpha value is -5.92. The van der Waals surface area contributed by atoms with Crippen molar-refractivity contribution in [2.45, 2.75) is 67.7 Å². The molecule has 11 rings (SSSR count). The van der Waals surface area contributed by atoms with E-state index in [1.807, 2.05) is 57.3 Å². The number of phenols is 2. The molecule has 2 fully saturated rings. The molecule has 4 aromatic carbocycles. The van der Waals surface area contributed by atoms with Crippen LogP contribution in [-0.4, -0.2) is 97.0 Å². The van der Waals surface area contributed by atoms with E-state index in [9.17, 15) is 25.1 Å². The van der Waals surface area contributed by atoms with E-state index in [-0.39, 0.29) is 42.4 Å². The number of methoxy groups -OCH3 is 2. The molecule has 7 heterocycles. The molecule has 15 heteroatoms. The molecule has 0 aromatic heterocycles. The molecule has 3 N–H and O–H groups in total. The number of phenolic OH excluding ortho intramolecular Hbond substituents is 2. The van der Waals surface area contributed by atoms with E-state index in [1.165, 1.54) is 32.1 Å². The maximum Gasteiger partial charge on any atom is 0.336 e. The highest BCUT2D eigenvalue weighted by Crippen LogP contribution is 2.64. The number of aromatic hydroxyl groups is 2. The number of hydrogen-bond donors (Lipinski definition) is 3. The fourth-order valence-electron chi connectivity index (χ4n) is 10.9. The Labute approximate surface area is 362 Å². The molecule has 320 valence electrons. The number of nitrogens with one attached hydrogen (secondary N) is 1. The largest absolute Gasteiger partial charge is 0.504 e. The van der Waals surface area contributed by atoms with Crippen LogP contribution >= 0.6 is 11.8 Å². The number of carbonyl (C=O) groups excluding carboxylic acids is 2. The number of nitrogens with zero attached hydrogens (tertiary/aromatic N) is 3. The predicted molar refractivity (Wildman–Crippen MR) is 228 cm³/mol. The Bertz CT molecular complexity index is 2610. The van der Waals surface area contributed by atoms with Crippen molar-refractivity contribution >= 4 is 29.8 Å². The first-order chi connectivity index (χ1) is 30.0. The smallest absolute Gasteiger partial charge is 0.336 e. The molecule has 1 unspecified atom stereocenters. The van der Waals surface area contributed by atoms with Crippen molar-refractivity contribution in [3.05, 3.63) is 105 Å². The number of ether oxygens (including phenoxy) is 6. The molecule has 7 atom stereocenters. The first-order valence-electron chi connectivity index (χ1n) is 20.6. The highest BCUT2D eigenvalue weighted by Gasteiger charge is 2.62. The molecule has 0 amide bonds. The lowest BCUT2D eigenvalue weighted by Gasteiger charge is -2.62. The van der Waals surface area contributed by atoms with Crippen LogP contribution < -0.4 is 29.0 Å². The molecule has 2 saturated heterocycles. The lowest BCUT2D eigenvalue weighted by Crippen LogP contribution is -2.69. The summed E-state index contributed by atoms with van der Waals surface area (Å²) in [5.74, 6) is 0.722. The molecule has 4 bridgehead atoms. The van der Waals surface area contributed by atoms with Crippen molar-refractivity contribution in [1.82, 2.24) is 15.1 Å². The third-order valence-corrected chi connectivity index (χ3v) is 15.1. The minimum Gasteiger partial charge on any atom is -0.504 e. The number of thioether (sulfide) groups is 1. The van der Waals surface area contributed by atoms with Crippen LogP contribution in [-0.2, 0) is 32.7 Å². The van der Waals surface area contributed by atoms with E-state index in [2.05, 4.69) is 21.2 Å². The average molecular weight is 859 g/mol. The van der Waals surface area contributed by atoms with Gasteiger partial charge in [-0.15, -0.1) is 11.8 Å². The van der Waals surface area contributed by atoms with E-state index in [0.29, 0.717) is 70.2 Å². The fourth-order valence-corrected chi connectivity index (χ4v) is 12.6. The van der Waals surface area contributed by atoms with Gasteiger partial charge in [0, 0.05) is 52.7 Å². The first-order valence-corrected chi connectivity index (χ1v) is 21.7. The summed E-state index contributed by atoms with van der Waals surface area (Å²) in [7, 11) is 4.99. The average Bonchev–Trinajstić information content (AvgIpc) is 3.76. The SMILES string of the molecule is COc1cc2c(cc1O)CCN[C@]21CS[C@@H]2c3c(OC(=O)/C=C/c4ccccc4)c(C)c4c(c3[C@H](COC1=O)N1C2[C@H]2c3c(cc(C)c(OC)c3O)C[C@@H]([C@@H]1C#N)N2C)OCO4. The molecule has 7 aliphatic heterocycles. The van der Waals surface area contributed by atoms with Crippen LogP contribution in [0.3, 0.4) is 0 Å². The van der Waals surface area contributed by atoms with E-state index in [4.69, 9.17) is 28.4 Å². The molecule has 0 radical (unpaired) electrons. The Balaban J connectivity index is 1.23. The lowest BCUT2D eigenvalue weighted by molar-refractivity contribution is -0.157. The summed E-state index contributed by atoms with van der Waals surface area (Å²) in [6, 6.07) is 14.6. The molecule has 4 aromatic rings. The van der Waals surface area contributed by atoms with Crippen LogP contribution in [0.5, 0.6) is 40.2 Å². The van der Waals surface area contributed by atoms with Gasteiger partial charge in [0.2, 0.25) is 6.79 Å². The minimum absolute atomic E-state index is 0.0311. The van der Waals surface area contributed by atoms with Crippen molar-refractivity contribution in [2.75, 3.05) is 47.0 Å². The van der Waals surface area contributed by atoms with Gasteiger partial charge in [0.1, 0.15) is 18.4 Å². The van der Waals surface area contributed by atoms with Gasteiger partial charge in [-0.05, 0) is 79.8 Å². The summed E-state index contributed by atoms with van der Waals surface area (Å²) in [6.07, 6.45) is 4.10. The summed E-state index contributed by atoms with van der Waals surface area (Å²) in [4.78, 5) is 33.3. The van der Waals surface area contributed by atoms with Crippen molar-refractivity contribution in [2.24, 2.45) is 0 Å². The third kappa shape index (κ3) is 5.87. The molecular formula is C47H46N4O10S. The Kier molecular flexibility index (Phi) is 9.82. The predicted octanol–water partition coefficient (Wildman–Crippen LogP) is 5.68. The minimum atomic E-state index is -1.40. The Morgan fingerprint density at radius 1 is 1.02 bits per heavy atom. The first kappa shape index (κ1) is 40.2. The number of benzene rings is 4. The van der Waals surface area contributed by atoms with Crippen molar-refractivity contribution < 1.29 is 48.2 Å². The summed E-state index contributed by atoms with van der Waals surface area (Å²) in [5.41, 5.74) is 5.06. The van der Waals surface area contributed by atoms with Crippen molar-refractivity contribution in [3.8, 4) is 46.3 Å². The van der Waals surface area contributed by atoms with Crippen molar-refractivity contribution in [1.29, 1.82) is 5.26 Å². The van der Waals surface area contributed by atoms with Crippen LogP contribution in [0, 0.1) is 25.2 Å². The normalized spacial score (nSPS) is 27.1. The summed E-state index contributed by atoms with van der Waals surface area (Å²) in [6.45, 7) is 3.87. The zero-order chi connectivity index (χ0) is 43.2. The zero-order valence-electron chi connectivity index (χ0n) is 34.9. The highest BCUT2D eigenvalue weighted by atomic mass is 32.2. The number of fused-ring (bicyclic) bond motifs is 9. The van der Waals surface area contributed by atoms with Crippen LogP contribution in [0.25, 0.3) is 6.08 Å². The molecule has 62 heavy (non-hydrogen) atoms. The number of rotatable bonds is 5. The molecule has 0 aliphatic carbocycles. The van der Waals surface area contributed by atoms with Gasteiger partial charge in [0.25, 0.3) is 0 Å². The van der Waals surface area contributed by atoms with Gasteiger partial charge < -0.3 is 38.6 Å². The van der Waals surface area contributed by atoms with Gasteiger partial charge in [-0.25, -0.2) is 9.59 Å². The number of likely N-dealkylation sites (N-methyl/N-ethyl adjacent to an activating group) is 1. The van der Waals surface area contributed by atoms with Crippen LogP contribution in [0.1, 0.15) is 67.4 Å². The molecule has 1 spiro atoms. The topological polar surface area (TPSA) is 172 Å². The van der Waals surface area contributed by atoms with E-state index in [1.54, 1.807) is 18.2 Å². The highest BCUT2D eigenvalue weighted by molar-refractivity contribution is 7.99. The number of nitriles is 1. The number of carbonyl (C=O) groups is 2. The third-order valence-electron chi connectivity index (χ3n) is 13.6. The lowest BCUT2D eigenvalue weighted by atomic mass is 9.71. The van der Waals surface area contributed by atoms with Crippen LogP contribution in [0.4, 0.5) is 0 Å². The van der Waals surface area contributed by atoms with E-state index in [0.717, 1.165) is 22.3 Å². The number of esters is 2. The van der Waals surface area contributed by atoms with Gasteiger partial charge in [0.15, 0.2) is 40.0 Å². The maximum atomic E-state index is 14.9. The Morgan fingerprint density at radius 3 is 2.56 bits per heavy atom. The summed E-state index contributed by atoms with van der Waals surface area (Å²) >= 11 is 1.47. The molecular weight excluding hydrogens is 813 g/mol. The second-order valence-corrected chi connectivity index (χ2v) is 17.8. The van der Waals surface area contributed by atoms with Gasteiger partial charge in [-0.1, -0.05) is 36.4 Å². The quantitative estimate of drug-likeness (QED) is 0.127. The fraction of sp³-hybridized carbons (Fsp3) is 0.383. The monoisotopic (exact) mass is 858 g/mol. The van der Waals surface area contributed by atoms with Crippen LogP contribution in [0.15, 0.2) is 54.6 Å². The standard InChI is InChI=1S/C47H46N4O10S/c1-23-15-27-16-29-30(19-48)51-31-20-58-46(55)47(28-18-33(56-4)32(52)17-26(28)13-14-49-47)21-62-45(39(51)38(50(29)3)35(27)40(54)41(23)57-5)37-36(31)44-43(59-22-60-44)24(2)42(37)61-34(53)12-11-25-9-7-6-8-10-25/h6-12,15,17-18,29-31,38-39,45,49,52,54H,13-14,16,20-22H2,1-5H3/b12-11+/t29-,30-,31-,38+,39?,45+,47+/m0/s1. The van der Waals surface area contributed by atoms with Gasteiger partial charge in [-0.2, -0.15) is 5.26 Å². The molecule has 14 nitrogen and oxygen atoms in total. The number of hydrogen-bond acceptors (Lipinski definition) is 15. The summed E-state index contributed by atoms with van der Waals surface area (Å²) in [5, 5.41) is 37.2. The molecule has 7 aliphatic rings. The van der Waals surface area contributed by atoms with Crippen LogP contribution in [0.2, 0.25) is 0 Å². The Morgan fingerprint density at radius 2 is 1.81 bits per heavy atom. The van der Waals surface area contributed by atoms with Gasteiger partial charge >= 0.3 is 11.9 Å². The molecule has 0 saturated carbocycles. The van der Waals surface area contributed by atoms with E-state index >= 15 is 0 Å². The van der Waals surface area contributed by atoms with Crippen molar-refractivity contribution in [3.63, 3.8) is 0 Å². The van der Waals surface area contributed by atoms with Gasteiger partial charge in [-0.3, -0.25) is 15.1 Å². The number of piperazine rings is 1. The van der Waals surface area contributed by atoms with Gasteiger partial charge in [0.05, 0.1) is 37.6 Å². The second kappa shape index (κ2) is 15.2. The maximum absolute atomic E-state index is 14.9. The second-order valence-electron chi connectivity index (χ2n) is 16.7. The number of aryl methyl sites for hydroxylation is 1. The zero-order valence-corrected chi connectivity index (χ0v) is 35.7.